The van der Waals surface area contributed by atoms with Gasteiger partial charge in [0.2, 0.25) is 0 Å². The Balaban J connectivity index is 2.17. The predicted molar refractivity (Wildman–Crippen MR) is 85.9 cm³/mol. The number of halogens is 1. The second-order valence-electron chi connectivity index (χ2n) is 4.82. The fourth-order valence-corrected chi connectivity index (χ4v) is 2.55. The topological polar surface area (TPSA) is 64.1 Å². The maximum Gasteiger partial charge on any atom is 0.329 e. The minimum Gasteiger partial charge on any atom is -0.496 e. The van der Waals surface area contributed by atoms with Gasteiger partial charge in [0, 0.05) is 10.6 Å². The van der Waals surface area contributed by atoms with E-state index in [1.54, 1.807) is 31.4 Å². The fourth-order valence-electron chi connectivity index (χ4n) is 2.37. The summed E-state index contributed by atoms with van der Waals surface area (Å²) in [5, 5.41) is 0.879. The van der Waals surface area contributed by atoms with E-state index in [4.69, 9.17) is 16.3 Å². The first-order valence-electron chi connectivity index (χ1n) is 6.64. The van der Waals surface area contributed by atoms with Gasteiger partial charge in [-0.2, -0.15) is 0 Å². The molecule has 0 aliphatic rings. The second-order valence-corrected chi connectivity index (χ2v) is 5.26. The van der Waals surface area contributed by atoms with Crippen molar-refractivity contribution >= 4 is 22.5 Å². The summed E-state index contributed by atoms with van der Waals surface area (Å²) in [4.78, 5) is 27.4. The van der Waals surface area contributed by atoms with E-state index >= 15 is 0 Å². The standard InChI is InChI=1S/C16H13ClN2O3/c1-22-14-5-3-2-4-10(14)9-19-15(20)12-7-6-11(17)8-13(12)18-16(19)21/h2-8H,9H2,1H3,(H,18,21). The maximum atomic E-state index is 12.5. The van der Waals surface area contributed by atoms with Crippen LogP contribution >= 0.6 is 11.6 Å². The molecule has 1 aromatic heterocycles. The molecule has 5 nitrogen and oxygen atoms in total. The number of para-hydroxylation sites is 1. The lowest BCUT2D eigenvalue weighted by Crippen LogP contribution is -2.35. The van der Waals surface area contributed by atoms with E-state index in [9.17, 15) is 9.59 Å². The first kappa shape index (κ1) is 14.4. The molecular weight excluding hydrogens is 304 g/mol. The number of benzene rings is 2. The number of nitrogens with one attached hydrogen (secondary N) is 1. The Morgan fingerprint density at radius 1 is 1.18 bits per heavy atom. The molecule has 0 aliphatic carbocycles. The molecule has 0 fully saturated rings. The van der Waals surface area contributed by atoms with E-state index < -0.39 is 5.69 Å². The summed E-state index contributed by atoms with van der Waals surface area (Å²) in [5.74, 6) is 0.630. The van der Waals surface area contributed by atoms with Gasteiger partial charge in [-0.25, -0.2) is 4.79 Å². The normalized spacial score (nSPS) is 10.8. The van der Waals surface area contributed by atoms with Gasteiger partial charge in [0.25, 0.3) is 5.56 Å². The molecule has 0 radical (unpaired) electrons. The Kier molecular flexibility index (Phi) is 3.73. The third-order valence-electron chi connectivity index (χ3n) is 3.46. The van der Waals surface area contributed by atoms with Crippen LogP contribution in [0.15, 0.2) is 52.1 Å². The highest BCUT2D eigenvalue weighted by atomic mass is 35.5. The number of H-pyrrole nitrogens is 1. The fraction of sp³-hybridized carbons (Fsp3) is 0.125. The lowest BCUT2D eigenvalue weighted by atomic mass is 10.2. The quantitative estimate of drug-likeness (QED) is 0.807. The molecule has 0 bridgehead atoms. The van der Waals surface area contributed by atoms with Crippen molar-refractivity contribution in [3.8, 4) is 5.75 Å². The van der Waals surface area contributed by atoms with Crippen LogP contribution in [0.4, 0.5) is 0 Å². The van der Waals surface area contributed by atoms with Crippen molar-refractivity contribution in [1.29, 1.82) is 0 Å². The van der Waals surface area contributed by atoms with Crippen LogP contribution in [0.5, 0.6) is 5.75 Å². The highest BCUT2D eigenvalue weighted by Crippen LogP contribution is 2.18. The highest BCUT2D eigenvalue weighted by Gasteiger charge is 2.10. The molecule has 3 rings (SSSR count). The smallest absolute Gasteiger partial charge is 0.329 e. The zero-order chi connectivity index (χ0) is 15.7. The SMILES string of the molecule is COc1ccccc1Cn1c(=O)[nH]c2cc(Cl)ccc2c1=O. The van der Waals surface area contributed by atoms with E-state index in [-0.39, 0.29) is 12.1 Å². The van der Waals surface area contributed by atoms with Crippen LogP contribution in [0.25, 0.3) is 10.9 Å². The average molecular weight is 317 g/mol. The first-order valence-corrected chi connectivity index (χ1v) is 7.02. The predicted octanol–water partition coefficient (Wildman–Crippen LogP) is 2.40. The molecule has 2 aromatic carbocycles. The number of aromatic nitrogens is 2. The van der Waals surface area contributed by atoms with Gasteiger partial charge in [-0.05, 0) is 24.3 Å². The van der Waals surface area contributed by atoms with Crippen LogP contribution in [0, 0.1) is 0 Å². The van der Waals surface area contributed by atoms with Crippen LogP contribution in [0.2, 0.25) is 5.02 Å². The largest absolute Gasteiger partial charge is 0.496 e. The molecule has 0 atom stereocenters. The number of fused-ring (bicyclic) bond motifs is 1. The molecule has 3 aromatic rings. The monoisotopic (exact) mass is 316 g/mol. The maximum absolute atomic E-state index is 12.5. The minimum atomic E-state index is -0.481. The number of hydrogen-bond acceptors (Lipinski definition) is 3. The summed E-state index contributed by atoms with van der Waals surface area (Å²) < 4.78 is 6.40. The van der Waals surface area contributed by atoms with Gasteiger partial charge in [-0.3, -0.25) is 9.36 Å². The number of methoxy groups -OCH3 is 1. The zero-order valence-electron chi connectivity index (χ0n) is 11.8. The Morgan fingerprint density at radius 2 is 1.95 bits per heavy atom. The van der Waals surface area contributed by atoms with Crippen LogP contribution in [0.1, 0.15) is 5.56 Å². The van der Waals surface area contributed by atoms with Crippen molar-refractivity contribution in [2.24, 2.45) is 0 Å². The van der Waals surface area contributed by atoms with Crippen molar-refractivity contribution in [3.05, 3.63) is 73.9 Å². The Morgan fingerprint density at radius 3 is 2.73 bits per heavy atom. The summed E-state index contributed by atoms with van der Waals surface area (Å²) in [6, 6.07) is 12.1. The third kappa shape index (κ3) is 2.51. The van der Waals surface area contributed by atoms with Crippen LogP contribution in [0.3, 0.4) is 0 Å². The molecule has 0 unspecified atom stereocenters. The van der Waals surface area contributed by atoms with Crippen molar-refractivity contribution in [3.63, 3.8) is 0 Å². The molecule has 0 saturated carbocycles. The summed E-state index contributed by atoms with van der Waals surface area (Å²) in [7, 11) is 1.55. The molecule has 1 N–H and O–H groups in total. The van der Waals surface area contributed by atoms with Gasteiger partial charge < -0.3 is 9.72 Å². The Hall–Kier alpha value is -2.53. The second kappa shape index (κ2) is 5.69. The van der Waals surface area contributed by atoms with Gasteiger partial charge in [0.05, 0.1) is 24.6 Å². The molecule has 112 valence electrons. The molecule has 22 heavy (non-hydrogen) atoms. The number of ether oxygens (including phenoxy) is 1. The van der Waals surface area contributed by atoms with Crippen molar-refractivity contribution in [2.45, 2.75) is 6.54 Å². The van der Waals surface area contributed by atoms with Crippen LogP contribution in [-0.4, -0.2) is 16.7 Å². The summed E-state index contributed by atoms with van der Waals surface area (Å²) in [6.07, 6.45) is 0. The molecule has 6 heteroatoms. The van der Waals surface area contributed by atoms with Crippen molar-refractivity contribution < 1.29 is 4.74 Å². The van der Waals surface area contributed by atoms with Gasteiger partial charge in [0.1, 0.15) is 5.75 Å². The lowest BCUT2D eigenvalue weighted by molar-refractivity contribution is 0.408. The highest BCUT2D eigenvalue weighted by molar-refractivity contribution is 6.31. The van der Waals surface area contributed by atoms with Crippen molar-refractivity contribution in [1.82, 2.24) is 9.55 Å². The molecule has 0 saturated heterocycles. The first-order chi connectivity index (χ1) is 10.6. The molecule has 1 heterocycles. The zero-order valence-corrected chi connectivity index (χ0v) is 12.6. The minimum absolute atomic E-state index is 0.136. The molecule has 0 amide bonds. The van der Waals surface area contributed by atoms with Gasteiger partial charge in [-0.1, -0.05) is 29.8 Å². The number of hydrogen-bond donors (Lipinski definition) is 1. The van der Waals surface area contributed by atoms with Crippen LogP contribution in [-0.2, 0) is 6.54 Å². The van der Waals surface area contributed by atoms with Gasteiger partial charge in [-0.15, -0.1) is 0 Å². The number of aromatic amines is 1. The Labute approximate surface area is 130 Å². The number of nitrogens with zero attached hydrogens (tertiary/aromatic N) is 1. The number of rotatable bonds is 3. The van der Waals surface area contributed by atoms with E-state index in [2.05, 4.69) is 4.98 Å². The van der Waals surface area contributed by atoms with Crippen molar-refractivity contribution in [2.75, 3.05) is 7.11 Å². The summed E-state index contributed by atoms with van der Waals surface area (Å²) >= 11 is 5.89. The van der Waals surface area contributed by atoms with E-state index in [1.165, 1.54) is 0 Å². The Bertz CT molecular complexity index is 959. The summed E-state index contributed by atoms with van der Waals surface area (Å²) in [5.41, 5.74) is 0.344. The van der Waals surface area contributed by atoms with E-state index in [0.29, 0.717) is 21.7 Å². The molecular formula is C16H13ClN2O3. The van der Waals surface area contributed by atoms with E-state index in [1.807, 2.05) is 18.2 Å². The summed E-state index contributed by atoms with van der Waals surface area (Å²) in [6.45, 7) is 0.136. The third-order valence-corrected chi connectivity index (χ3v) is 3.70. The molecule has 0 aliphatic heterocycles. The lowest BCUT2D eigenvalue weighted by Gasteiger charge is -2.10. The van der Waals surface area contributed by atoms with Gasteiger partial charge >= 0.3 is 5.69 Å². The van der Waals surface area contributed by atoms with Crippen LogP contribution < -0.4 is 16.0 Å². The average Bonchev–Trinajstić information content (AvgIpc) is 2.51. The molecule has 0 spiro atoms. The van der Waals surface area contributed by atoms with Gasteiger partial charge in [0.15, 0.2) is 0 Å². The van der Waals surface area contributed by atoms with E-state index in [0.717, 1.165) is 10.1 Å².